The topological polar surface area (TPSA) is 127 Å². The van der Waals surface area contributed by atoms with Crippen LogP contribution in [0.25, 0.3) is 6.08 Å². The summed E-state index contributed by atoms with van der Waals surface area (Å²) < 4.78 is 17.7. The van der Waals surface area contributed by atoms with Crippen LogP contribution in [-0.2, 0) is 25.0 Å². The first-order valence-electron chi connectivity index (χ1n) is 12.5. The van der Waals surface area contributed by atoms with Gasteiger partial charge in [0.2, 0.25) is 6.29 Å². The Morgan fingerprint density at radius 2 is 1.69 bits per heavy atom. The van der Waals surface area contributed by atoms with Gasteiger partial charge in [-0.05, 0) is 61.8 Å². The summed E-state index contributed by atoms with van der Waals surface area (Å²) in [4.78, 5) is 11.9. The molecule has 9 heteroatoms. The fourth-order valence-electron chi connectivity index (χ4n) is 7.66. The molecule has 4 bridgehead atoms. The largest absolute Gasteiger partial charge is 0.461 e. The van der Waals surface area contributed by atoms with Gasteiger partial charge < -0.3 is 34.6 Å². The number of hydrogen-bond acceptors (Lipinski definition) is 9. The molecule has 6 unspecified atom stereocenters. The van der Waals surface area contributed by atoms with Crippen molar-refractivity contribution in [2.45, 2.75) is 74.2 Å². The summed E-state index contributed by atoms with van der Waals surface area (Å²) in [5, 5.41) is 40.3. The summed E-state index contributed by atoms with van der Waals surface area (Å²) in [6.07, 6.45) is 0.464. The number of aliphatic hydroxyl groups is 4. The van der Waals surface area contributed by atoms with Crippen molar-refractivity contribution in [1.29, 1.82) is 0 Å². The molecule has 1 aromatic rings. The van der Waals surface area contributed by atoms with Crippen molar-refractivity contribution < 1.29 is 44.4 Å². The second kappa shape index (κ2) is 8.49. The van der Waals surface area contributed by atoms with E-state index in [9.17, 15) is 20.4 Å². The molecule has 35 heavy (non-hydrogen) atoms. The van der Waals surface area contributed by atoms with Crippen LogP contribution in [0.1, 0.15) is 43.2 Å². The van der Waals surface area contributed by atoms with Gasteiger partial charge in [-0.2, -0.15) is 4.89 Å². The summed E-state index contributed by atoms with van der Waals surface area (Å²) in [6.45, 7) is 3.31. The highest BCUT2D eigenvalue weighted by molar-refractivity contribution is 5.57. The zero-order valence-corrected chi connectivity index (χ0v) is 19.8. The molecule has 1 aromatic carbocycles. The molecule has 7 rings (SSSR count). The molecule has 0 radical (unpaired) electrons. The van der Waals surface area contributed by atoms with Crippen molar-refractivity contribution in [2.75, 3.05) is 13.7 Å². The summed E-state index contributed by atoms with van der Waals surface area (Å²) >= 11 is 0. The molecule has 2 saturated heterocycles. The molecule has 9 nitrogen and oxygen atoms in total. The van der Waals surface area contributed by atoms with Crippen molar-refractivity contribution in [3.8, 4) is 5.75 Å². The smallest absolute Gasteiger partial charge is 0.260 e. The summed E-state index contributed by atoms with van der Waals surface area (Å²) in [5.41, 5.74) is 0.797. The van der Waals surface area contributed by atoms with E-state index in [0.717, 1.165) is 43.1 Å². The van der Waals surface area contributed by atoms with Crippen molar-refractivity contribution >= 4 is 6.08 Å². The van der Waals surface area contributed by atoms with E-state index >= 15 is 0 Å². The maximum Gasteiger partial charge on any atom is 0.260 e. The predicted octanol–water partition coefficient (Wildman–Crippen LogP) is 1.46. The Balaban J connectivity index is 1.34. The first-order chi connectivity index (χ1) is 16.9. The van der Waals surface area contributed by atoms with Gasteiger partial charge in [0.1, 0.15) is 30.2 Å². The lowest BCUT2D eigenvalue weighted by Crippen LogP contribution is -2.76. The van der Waals surface area contributed by atoms with E-state index in [0.29, 0.717) is 23.1 Å². The van der Waals surface area contributed by atoms with Crippen LogP contribution in [0.5, 0.6) is 5.75 Å². The number of rotatable bonds is 6. The molecule has 6 aliphatic rings. The van der Waals surface area contributed by atoms with Gasteiger partial charge >= 0.3 is 0 Å². The average Bonchev–Trinajstić information content (AvgIpc) is 2.84. The second-order valence-electron chi connectivity index (χ2n) is 10.9. The monoisotopic (exact) mass is 490 g/mol. The highest BCUT2D eigenvalue weighted by Crippen LogP contribution is 2.69. The fourth-order valence-corrected chi connectivity index (χ4v) is 7.66. The SMILES string of the molecule is C=Cc1ccc(C2(OC)OOC23C2CC4CC(C2)CC3C4)cc1OC1OC(CO)C(O)C(O)C1O. The Kier molecular flexibility index (Phi) is 5.78. The number of aliphatic hydroxyl groups excluding tert-OH is 4. The Morgan fingerprint density at radius 1 is 1.00 bits per heavy atom. The first kappa shape index (κ1) is 23.8. The molecule has 6 fully saturated rings. The quantitative estimate of drug-likeness (QED) is 0.438. The van der Waals surface area contributed by atoms with E-state index in [2.05, 4.69) is 6.58 Å². The standard InChI is InChI=1S/C26H34O9/c1-3-15-4-5-16(11-19(15)32-24-23(30)22(29)21(28)20(12-27)33-24)26(31-2)25(34-35-26)17-7-13-6-14(9-17)10-18(25)8-13/h3-5,11,13-14,17-18,20-24,27-30H,1,6-10,12H2,2H3. The van der Waals surface area contributed by atoms with E-state index in [-0.39, 0.29) is 0 Å². The Hall–Kier alpha value is -1.56. The predicted molar refractivity (Wildman–Crippen MR) is 122 cm³/mol. The Bertz CT molecular complexity index is 948. The summed E-state index contributed by atoms with van der Waals surface area (Å²) in [7, 11) is 1.63. The third kappa shape index (κ3) is 3.23. The minimum Gasteiger partial charge on any atom is -0.461 e. The molecule has 2 heterocycles. The zero-order valence-electron chi connectivity index (χ0n) is 19.8. The molecule has 2 aliphatic heterocycles. The van der Waals surface area contributed by atoms with Gasteiger partial charge in [-0.15, -0.1) is 0 Å². The Morgan fingerprint density at radius 3 is 2.23 bits per heavy atom. The number of benzene rings is 1. The lowest BCUT2D eigenvalue weighted by molar-refractivity contribution is -0.645. The number of hydrogen-bond donors (Lipinski definition) is 4. The van der Waals surface area contributed by atoms with Crippen molar-refractivity contribution in [2.24, 2.45) is 23.7 Å². The van der Waals surface area contributed by atoms with Crippen LogP contribution in [0.15, 0.2) is 24.8 Å². The molecular weight excluding hydrogens is 456 g/mol. The van der Waals surface area contributed by atoms with E-state index < -0.39 is 48.7 Å². The summed E-state index contributed by atoms with van der Waals surface area (Å²) in [6, 6.07) is 5.52. The van der Waals surface area contributed by atoms with Gasteiger partial charge in [0, 0.05) is 18.2 Å². The molecule has 4 saturated carbocycles. The van der Waals surface area contributed by atoms with Gasteiger partial charge in [0.05, 0.1) is 6.61 Å². The molecule has 192 valence electrons. The van der Waals surface area contributed by atoms with Crippen LogP contribution in [-0.4, -0.2) is 70.4 Å². The third-order valence-corrected chi connectivity index (χ3v) is 9.15. The van der Waals surface area contributed by atoms with Crippen LogP contribution in [0.2, 0.25) is 0 Å². The normalized spacial score (nSPS) is 48.1. The maximum atomic E-state index is 10.5. The highest BCUT2D eigenvalue weighted by atomic mass is 17.3. The van der Waals surface area contributed by atoms with Gasteiger partial charge in [-0.25, -0.2) is 4.89 Å². The second-order valence-corrected chi connectivity index (χ2v) is 10.9. The van der Waals surface area contributed by atoms with Crippen molar-refractivity contribution in [1.82, 2.24) is 0 Å². The number of methoxy groups -OCH3 is 1. The van der Waals surface area contributed by atoms with Gasteiger partial charge in [0.15, 0.2) is 5.60 Å². The van der Waals surface area contributed by atoms with Crippen molar-refractivity contribution in [3.05, 3.63) is 35.9 Å². The Labute approximate surface area is 204 Å². The number of ether oxygens (including phenoxy) is 3. The lowest BCUT2D eigenvalue weighted by Gasteiger charge is -2.68. The van der Waals surface area contributed by atoms with Crippen LogP contribution in [0.4, 0.5) is 0 Å². The lowest BCUT2D eigenvalue weighted by atomic mass is 9.47. The zero-order chi connectivity index (χ0) is 24.5. The molecule has 6 atom stereocenters. The third-order valence-electron chi connectivity index (χ3n) is 9.15. The van der Waals surface area contributed by atoms with E-state index in [4.69, 9.17) is 24.0 Å². The molecular formula is C26H34O9. The van der Waals surface area contributed by atoms with Gasteiger partial charge in [-0.1, -0.05) is 24.8 Å². The fraction of sp³-hybridized carbons (Fsp3) is 0.692. The van der Waals surface area contributed by atoms with E-state index in [1.54, 1.807) is 19.3 Å². The minimum atomic E-state index is -1.54. The van der Waals surface area contributed by atoms with Crippen molar-refractivity contribution in [3.63, 3.8) is 0 Å². The molecule has 0 aromatic heterocycles. The maximum absolute atomic E-state index is 10.5. The molecule has 0 amide bonds. The van der Waals surface area contributed by atoms with Gasteiger partial charge in [0.25, 0.3) is 5.79 Å². The van der Waals surface area contributed by atoms with Crippen LogP contribution in [0.3, 0.4) is 0 Å². The summed E-state index contributed by atoms with van der Waals surface area (Å²) in [5.74, 6) is 1.43. The minimum absolute atomic E-state index is 0.340. The van der Waals surface area contributed by atoms with Crippen LogP contribution >= 0.6 is 0 Å². The van der Waals surface area contributed by atoms with Gasteiger partial charge in [-0.3, -0.25) is 0 Å². The molecule has 4 N–H and O–H groups in total. The van der Waals surface area contributed by atoms with E-state index in [1.165, 1.54) is 6.42 Å². The van der Waals surface area contributed by atoms with E-state index in [1.807, 2.05) is 12.1 Å². The average molecular weight is 491 g/mol. The van der Waals surface area contributed by atoms with Crippen LogP contribution < -0.4 is 4.74 Å². The first-order valence-corrected chi connectivity index (χ1v) is 12.5. The molecule has 4 aliphatic carbocycles. The highest BCUT2D eigenvalue weighted by Gasteiger charge is 2.76. The van der Waals surface area contributed by atoms with Crippen LogP contribution in [0, 0.1) is 23.7 Å². The molecule has 1 spiro atoms.